The standard InChI is InChI=1S/C14H9BrFNO5/c1-21-9-3-5-13(12(7-9)17(19)20)22-14(18)10-6-8(16)2-4-11(10)15/h2-7H,1H3. The molecule has 2 aromatic carbocycles. The van der Waals surface area contributed by atoms with Gasteiger partial charge >= 0.3 is 11.7 Å². The van der Waals surface area contributed by atoms with E-state index in [9.17, 15) is 19.3 Å². The van der Waals surface area contributed by atoms with Crippen LogP contribution in [0.25, 0.3) is 0 Å². The van der Waals surface area contributed by atoms with Crippen LogP contribution in [0.4, 0.5) is 10.1 Å². The number of carbonyl (C=O) groups is 1. The zero-order valence-corrected chi connectivity index (χ0v) is 12.8. The minimum Gasteiger partial charge on any atom is -0.496 e. The number of nitrogens with zero attached hydrogens (tertiary/aromatic N) is 1. The lowest BCUT2D eigenvalue weighted by Crippen LogP contribution is -2.11. The van der Waals surface area contributed by atoms with E-state index >= 15 is 0 Å². The molecule has 114 valence electrons. The molecule has 0 aliphatic heterocycles. The second-order valence-electron chi connectivity index (χ2n) is 4.10. The Bertz CT molecular complexity index is 750. The van der Waals surface area contributed by atoms with E-state index in [2.05, 4.69) is 15.9 Å². The predicted octanol–water partition coefficient (Wildman–Crippen LogP) is 3.72. The molecule has 0 saturated heterocycles. The van der Waals surface area contributed by atoms with Gasteiger partial charge in [0.15, 0.2) is 0 Å². The number of rotatable bonds is 4. The third-order valence-electron chi connectivity index (χ3n) is 2.71. The molecule has 0 unspecified atom stereocenters. The molecule has 0 atom stereocenters. The molecule has 0 spiro atoms. The maximum absolute atomic E-state index is 13.2. The molecule has 0 heterocycles. The number of nitro benzene ring substituents is 1. The summed E-state index contributed by atoms with van der Waals surface area (Å²) < 4.78 is 23.4. The monoisotopic (exact) mass is 369 g/mol. The molecular weight excluding hydrogens is 361 g/mol. The Balaban J connectivity index is 2.36. The fraction of sp³-hybridized carbons (Fsp3) is 0.0714. The Morgan fingerprint density at radius 1 is 1.27 bits per heavy atom. The SMILES string of the molecule is COc1ccc(OC(=O)c2cc(F)ccc2Br)c([N+](=O)[O-])c1. The molecule has 0 aliphatic carbocycles. The van der Waals surface area contributed by atoms with Crippen LogP contribution in [0.1, 0.15) is 10.4 Å². The summed E-state index contributed by atoms with van der Waals surface area (Å²) in [6, 6.07) is 7.26. The Kier molecular flexibility index (Phi) is 4.71. The van der Waals surface area contributed by atoms with Gasteiger partial charge in [0.2, 0.25) is 5.75 Å². The zero-order valence-electron chi connectivity index (χ0n) is 11.2. The fourth-order valence-corrected chi connectivity index (χ4v) is 2.07. The number of halogens is 2. The van der Waals surface area contributed by atoms with Gasteiger partial charge in [-0.2, -0.15) is 0 Å². The normalized spacial score (nSPS) is 10.1. The van der Waals surface area contributed by atoms with E-state index in [0.717, 1.165) is 18.2 Å². The number of methoxy groups -OCH3 is 1. The number of benzene rings is 2. The third-order valence-corrected chi connectivity index (χ3v) is 3.41. The van der Waals surface area contributed by atoms with Crippen molar-refractivity contribution >= 4 is 27.6 Å². The van der Waals surface area contributed by atoms with Gasteiger partial charge < -0.3 is 9.47 Å². The summed E-state index contributed by atoms with van der Waals surface area (Å²) in [4.78, 5) is 22.4. The number of hydrogen-bond donors (Lipinski definition) is 0. The lowest BCUT2D eigenvalue weighted by molar-refractivity contribution is -0.385. The van der Waals surface area contributed by atoms with Crippen LogP contribution in [0, 0.1) is 15.9 Å². The highest BCUT2D eigenvalue weighted by Crippen LogP contribution is 2.32. The molecule has 0 radical (unpaired) electrons. The first kappa shape index (κ1) is 15.9. The largest absolute Gasteiger partial charge is 0.496 e. The van der Waals surface area contributed by atoms with Gasteiger partial charge in [0.05, 0.1) is 23.7 Å². The maximum Gasteiger partial charge on any atom is 0.345 e. The van der Waals surface area contributed by atoms with E-state index in [1.165, 1.54) is 25.3 Å². The van der Waals surface area contributed by atoms with Gasteiger partial charge in [0.25, 0.3) is 0 Å². The zero-order chi connectivity index (χ0) is 16.3. The summed E-state index contributed by atoms with van der Waals surface area (Å²) in [6.07, 6.45) is 0. The molecule has 2 rings (SSSR count). The topological polar surface area (TPSA) is 78.7 Å². The summed E-state index contributed by atoms with van der Waals surface area (Å²) >= 11 is 3.09. The van der Waals surface area contributed by atoms with Crippen molar-refractivity contribution in [3.63, 3.8) is 0 Å². The van der Waals surface area contributed by atoms with Crippen molar-refractivity contribution < 1.29 is 23.6 Å². The van der Waals surface area contributed by atoms with Gasteiger partial charge in [-0.25, -0.2) is 9.18 Å². The van der Waals surface area contributed by atoms with E-state index in [1.807, 2.05) is 0 Å². The predicted molar refractivity (Wildman–Crippen MR) is 78.7 cm³/mol. The highest BCUT2D eigenvalue weighted by Gasteiger charge is 2.21. The molecule has 0 aromatic heterocycles. The maximum atomic E-state index is 13.2. The van der Waals surface area contributed by atoms with Gasteiger partial charge in [0, 0.05) is 4.47 Å². The number of ether oxygens (including phenoxy) is 2. The number of hydrogen-bond acceptors (Lipinski definition) is 5. The lowest BCUT2D eigenvalue weighted by Gasteiger charge is -2.08. The van der Waals surface area contributed by atoms with E-state index in [-0.39, 0.29) is 17.1 Å². The molecule has 0 N–H and O–H groups in total. The van der Waals surface area contributed by atoms with Crippen LogP contribution in [0.15, 0.2) is 40.9 Å². The molecule has 22 heavy (non-hydrogen) atoms. The molecular formula is C14H9BrFNO5. The first-order valence-corrected chi connectivity index (χ1v) is 6.71. The van der Waals surface area contributed by atoms with Gasteiger partial charge in [-0.3, -0.25) is 10.1 Å². The molecule has 0 saturated carbocycles. The Morgan fingerprint density at radius 2 is 2.00 bits per heavy atom. The van der Waals surface area contributed by atoms with Crippen LogP contribution in [0.5, 0.6) is 11.5 Å². The summed E-state index contributed by atoms with van der Waals surface area (Å²) in [6.45, 7) is 0. The van der Waals surface area contributed by atoms with Crippen molar-refractivity contribution in [2.45, 2.75) is 0 Å². The van der Waals surface area contributed by atoms with Crippen LogP contribution >= 0.6 is 15.9 Å². The highest BCUT2D eigenvalue weighted by atomic mass is 79.9. The summed E-state index contributed by atoms with van der Waals surface area (Å²) in [5.41, 5.74) is -0.509. The first-order valence-electron chi connectivity index (χ1n) is 5.92. The summed E-state index contributed by atoms with van der Waals surface area (Å²) in [7, 11) is 1.36. The van der Waals surface area contributed by atoms with Gasteiger partial charge in [-0.15, -0.1) is 0 Å². The molecule has 0 bridgehead atoms. The van der Waals surface area contributed by atoms with E-state index in [4.69, 9.17) is 9.47 Å². The van der Waals surface area contributed by atoms with Crippen LogP contribution in [0.2, 0.25) is 0 Å². The van der Waals surface area contributed by atoms with Crippen molar-refractivity contribution in [1.29, 1.82) is 0 Å². The van der Waals surface area contributed by atoms with Crippen molar-refractivity contribution in [2.24, 2.45) is 0 Å². The Morgan fingerprint density at radius 3 is 2.64 bits per heavy atom. The average Bonchev–Trinajstić information content (AvgIpc) is 2.49. The molecule has 8 heteroatoms. The van der Waals surface area contributed by atoms with Gasteiger partial charge in [-0.05, 0) is 46.3 Å². The third kappa shape index (κ3) is 3.40. The number of nitro groups is 1. The van der Waals surface area contributed by atoms with Crippen LogP contribution in [-0.4, -0.2) is 18.0 Å². The first-order chi connectivity index (χ1) is 10.4. The average molecular weight is 370 g/mol. The van der Waals surface area contributed by atoms with Crippen molar-refractivity contribution in [1.82, 2.24) is 0 Å². The van der Waals surface area contributed by atoms with Crippen LogP contribution < -0.4 is 9.47 Å². The number of esters is 1. The molecule has 0 amide bonds. The van der Waals surface area contributed by atoms with Crippen molar-refractivity contribution in [3.8, 4) is 11.5 Å². The van der Waals surface area contributed by atoms with Crippen LogP contribution in [0.3, 0.4) is 0 Å². The van der Waals surface area contributed by atoms with E-state index in [1.54, 1.807) is 0 Å². The fourth-order valence-electron chi connectivity index (χ4n) is 1.66. The van der Waals surface area contributed by atoms with Crippen molar-refractivity contribution in [2.75, 3.05) is 7.11 Å². The van der Waals surface area contributed by atoms with Gasteiger partial charge in [-0.1, -0.05) is 0 Å². The molecule has 0 aliphatic rings. The minimum absolute atomic E-state index is 0.0786. The number of carbonyl (C=O) groups excluding carboxylic acids is 1. The molecule has 6 nitrogen and oxygen atoms in total. The van der Waals surface area contributed by atoms with Gasteiger partial charge in [0.1, 0.15) is 11.6 Å². The minimum atomic E-state index is -0.917. The smallest absolute Gasteiger partial charge is 0.345 e. The highest BCUT2D eigenvalue weighted by molar-refractivity contribution is 9.10. The lowest BCUT2D eigenvalue weighted by atomic mass is 10.2. The van der Waals surface area contributed by atoms with Crippen molar-refractivity contribution in [3.05, 3.63) is 62.4 Å². The molecule has 0 fully saturated rings. The Hall–Kier alpha value is -2.48. The second-order valence-corrected chi connectivity index (χ2v) is 4.96. The summed E-state index contributed by atoms with van der Waals surface area (Å²) in [5.74, 6) is -1.55. The second kappa shape index (κ2) is 6.52. The molecule has 2 aromatic rings. The van der Waals surface area contributed by atoms with Crippen LogP contribution in [-0.2, 0) is 0 Å². The Labute approximate surface area is 132 Å². The van der Waals surface area contributed by atoms with E-state index in [0.29, 0.717) is 4.47 Å². The summed E-state index contributed by atoms with van der Waals surface area (Å²) in [5, 5.41) is 11.0. The van der Waals surface area contributed by atoms with E-state index < -0.39 is 22.4 Å². The quantitative estimate of drug-likeness (QED) is 0.355.